The van der Waals surface area contributed by atoms with Gasteiger partial charge in [0, 0.05) is 25.1 Å². The Hall–Kier alpha value is -4.14. The second kappa shape index (κ2) is 13.4. The SMILES string of the molecule is C=CC1CC1(NC(=O)C1CC(OC(=O)N(C)c2ccccc2)CN1C(=O)C(NC(=O)OC(C)(C)C)C(C)(C)C)C(=O)NS(=O)(=O)C1CC1. The minimum Gasteiger partial charge on any atom is -0.444 e. The molecule has 48 heavy (non-hydrogen) atoms. The van der Waals surface area contributed by atoms with Crippen molar-refractivity contribution in [2.24, 2.45) is 11.3 Å². The third kappa shape index (κ3) is 8.47. The van der Waals surface area contributed by atoms with Gasteiger partial charge in [-0.2, -0.15) is 0 Å². The van der Waals surface area contributed by atoms with Crippen LogP contribution in [0.2, 0.25) is 0 Å². The molecule has 3 aliphatic rings. The molecule has 5 atom stereocenters. The van der Waals surface area contributed by atoms with E-state index in [2.05, 4.69) is 21.9 Å². The highest BCUT2D eigenvalue weighted by molar-refractivity contribution is 7.91. The molecule has 0 radical (unpaired) electrons. The van der Waals surface area contributed by atoms with Crippen LogP contribution >= 0.6 is 0 Å². The van der Waals surface area contributed by atoms with Crippen molar-refractivity contribution in [2.45, 2.75) is 102 Å². The Kier molecular flexibility index (Phi) is 10.2. The topological polar surface area (TPSA) is 181 Å². The number of carbonyl (C=O) groups is 5. The Bertz CT molecular complexity index is 1550. The van der Waals surface area contributed by atoms with E-state index in [1.54, 1.807) is 71.9 Å². The molecule has 1 saturated heterocycles. The number of likely N-dealkylation sites (tertiary alicyclic amines) is 1. The maximum Gasteiger partial charge on any atom is 0.414 e. The van der Waals surface area contributed by atoms with Gasteiger partial charge < -0.3 is 25.0 Å². The first-order chi connectivity index (χ1) is 22.2. The fourth-order valence-corrected chi connectivity index (χ4v) is 6.98. The van der Waals surface area contributed by atoms with E-state index in [0.29, 0.717) is 18.5 Å². The van der Waals surface area contributed by atoms with Crippen molar-refractivity contribution in [1.82, 2.24) is 20.3 Å². The number of ether oxygens (including phenoxy) is 2. The van der Waals surface area contributed by atoms with E-state index in [1.165, 1.54) is 22.9 Å². The van der Waals surface area contributed by atoms with Gasteiger partial charge in [0.05, 0.1) is 11.8 Å². The molecular weight excluding hydrogens is 642 g/mol. The van der Waals surface area contributed by atoms with Crippen molar-refractivity contribution >= 4 is 45.6 Å². The normalized spacial score (nSPS) is 24.5. The van der Waals surface area contributed by atoms with E-state index in [4.69, 9.17) is 9.47 Å². The van der Waals surface area contributed by atoms with Gasteiger partial charge >= 0.3 is 12.2 Å². The quantitative estimate of drug-likeness (QED) is 0.312. The van der Waals surface area contributed by atoms with E-state index in [9.17, 15) is 32.4 Å². The van der Waals surface area contributed by atoms with Crippen LogP contribution in [-0.2, 0) is 33.9 Å². The number of hydrogen-bond donors (Lipinski definition) is 3. The van der Waals surface area contributed by atoms with Crippen LogP contribution in [0.5, 0.6) is 0 Å². The van der Waals surface area contributed by atoms with Gasteiger partial charge in [0.25, 0.3) is 5.91 Å². The van der Waals surface area contributed by atoms with Crippen LogP contribution in [0.15, 0.2) is 43.0 Å². The average molecular weight is 690 g/mol. The van der Waals surface area contributed by atoms with Gasteiger partial charge in [-0.05, 0) is 57.6 Å². The molecule has 264 valence electrons. The van der Waals surface area contributed by atoms with Crippen LogP contribution in [0.25, 0.3) is 0 Å². The number of nitrogens with one attached hydrogen (secondary N) is 3. The molecule has 3 N–H and O–H groups in total. The molecule has 0 bridgehead atoms. The van der Waals surface area contributed by atoms with Gasteiger partial charge in [-0.1, -0.05) is 45.0 Å². The second-order valence-corrected chi connectivity index (χ2v) is 16.7. The highest BCUT2D eigenvalue weighted by Gasteiger charge is 2.62. The highest BCUT2D eigenvalue weighted by atomic mass is 32.2. The van der Waals surface area contributed by atoms with Gasteiger partial charge in [-0.15, -0.1) is 6.58 Å². The summed E-state index contributed by atoms with van der Waals surface area (Å²) in [6, 6.07) is 6.36. The number of para-hydroxylation sites is 1. The van der Waals surface area contributed by atoms with Crippen molar-refractivity contribution in [3.63, 3.8) is 0 Å². The fraction of sp³-hybridized carbons (Fsp3) is 0.606. The molecule has 4 rings (SSSR count). The first kappa shape index (κ1) is 36.7. The molecule has 14 nitrogen and oxygen atoms in total. The van der Waals surface area contributed by atoms with Crippen LogP contribution in [-0.4, -0.2) is 91.4 Å². The summed E-state index contributed by atoms with van der Waals surface area (Å²) in [6.45, 7) is 13.8. The van der Waals surface area contributed by atoms with Crippen molar-refractivity contribution in [1.29, 1.82) is 0 Å². The number of sulfonamides is 1. The maximum absolute atomic E-state index is 14.2. The summed E-state index contributed by atoms with van der Waals surface area (Å²) >= 11 is 0. The molecule has 2 saturated carbocycles. The molecule has 1 heterocycles. The lowest BCUT2D eigenvalue weighted by Crippen LogP contribution is -2.60. The summed E-state index contributed by atoms with van der Waals surface area (Å²) in [5.41, 5.74) is -2.71. The summed E-state index contributed by atoms with van der Waals surface area (Å²) in [5, 5.41) is 4.69. The lowest BCUT2D eigenvalue weighted by molar-refractivity contribution is -0.143. The smallest absolute Gasteiger partial charge is 0.414 e. The number of nitrogens with zero attached hydrogens (tertiary/aromatic N) is 2. The number of amides is 5. The number of hydrogen-bond acceptors (Lipinski definition) is 9. The Morgan fingerprint density at radius 3 is 2.21 bits per heavy atom. The molecular formula is C33H47N5O9S. The van der Waals surface area contributed by atoms with Crippen molar-refractivity contribution < 1.29 is 41.9 Å². The zero-order chi connectivity index (χ0) is 35.8. The molecule has 15 heteroatoms. The van der Waals surface area contributed by atoms with Crippen molar-refractivity contribution in [3.05, 3.63) is 43.0 Å². The summed E-state index contributed by atoms with van der Waals surface area (Å²) in [6.07, 6.45) is -0.135. The van der Waals surface area contributed by atoms with Crippen LogP contribution in [0.3, 0.4) is 0 Å². The second-order valence-electron chi connectivity index (χ2n) is 14.8. The van der Waals surface area contributed by atoms with Crippen LogP contribution in [0, 0.1) is 11.3 Å². The van der Waals surface area contributed by atoms with Gasteiger partial charge in [0.2, 0.25) is 21.8 Å². The van der Waals surface area contributed by atoms with E-state index in [1.807, 2.05) is 0 Å². The molecule has 0 spiro atoms. The minimum atomic E-state index is -3.91. The van der Waals surface area contributed by atoms with Gasteiger partial charge in [-0.3, -0.25) is 24.0 Å². The lowest BCUT2D eigenvalue weighted by Gasteiger charge is -2.36. The number of benzene rings is 1. The average Bonchev–Trinajstić information content (AvgIpc) is 3.91. The lowest BCUT2D eigenvalue weighted by atomic mass is 9.85. The minimum absolute atomic E-state index is 0.111. The van der Waals surface area contributed by atoms with Crippen molar-refractivity contribution in [3.8, 4) is 0 Å². The molecule has 3 fully saturated rings. The highest BCUT2D eigenvalue weighted by Crippen LogP contribution is 2.45. The van der Waals surface area contributed by atoms with E-state index < -0.39 is 85.8 Å². The Labute approximate surface area is 282 Å². The first-order valence-corrected chi connectivity index (χ1v) is 17.5. The number of rotatable bonds is 10. The van der Waals surface area contributed by atoms with Crippen LogP contribution < -0.4 is 20.3 Å². The van der Waals surface area contributed by atoms with E-state index in [0.717, 1.165) is 0 Å². The molecule has 1 aromatic carbocycles. The molecule has 5 unspecified atom stereocenters. The Morgan fingerprint density at radius 1 is 1.06 bits per heavy atom. The summed E-state index contributed by atoms with van der Waals surface area (Å²) in [7, 11) is -2.38. The summed E-state index contributed by atoms with van der Waals surface area (Å²) < 4.78 is 38.4. The summed E-state index contributed by atoms with van der Waals surface area (Å²) in [4.78, 5) is 70.1. The number of carbonyl (C=O) groups excluding carboxylic acids is 5. The maximum atomic E-state index is 14.2. The monoisotopic (exact) mass is 689 g/mol. The number of anilines is 1. The molecule has 2 aliphatic carbocycles. The van der Waals surface area contributed by atoms with Crippen molar-refractivity contribution in [2.75, 3.05) is 18.5 Å². The molecule has 1 aromatic rings. The number of alkyl carbamates (subject to hydrolysis) is 1. The van der Waals surface area contributed by atoms with Gasteiger partial charge in [-0.25, -0.2) is 18.0 Å². The van der Waals surface area contributed by atoms with Gasteiger partial charge in [0.1, 0.15) is 29.3 Å². The Morgan fingerprint density at radius 2 is 1.69 bits per heavy atom. The predicted molar refractivity (Wildman–Crippen MR) is 177 cm³/mol. The standard InChI is InChI=1S/C33H47N5O9S/c1-9-20-18-33(20,28(41)36-48(44,45)23-15-16-23)35-26(39)24-17-22(46-30(43)37(8)21-13-11-10-12-14-21)19-38(24)27(40)25(31(2,3)4)34-29(42)47-32(5,6)7/h9-14,20,22-25H,1,15-19H2,2-8H3,(H,34,42)(H,35,39)(H,36,41). The summed E-state index contributed by atoms with van der Waals surface area (Å²) in [5.74, 6) is -2.80. The first-order valence-electron chi connectivity index (χ1n) is 16.0. The zero-order valence-electron chi connectivity index (χ0n) is 28.6. The predicted octanol–water partition coefficient (Wildman–Crippen LogP) is 2.84. The van der Waals surface area contributed by atoms with E-state index >= 15 is 0 Å². The molecule has 5 amide bonds. The molecule has 0 aromatic heterocycles. The third-order valence-corrected chi connectivity index (χ3v) is 10.4. The molecule has 1 aliphatic heterocycles. The van der Waals surface area contributed by atoms with Crippen LogP contribution in [0.1, 0.15) is 67.2 Å². The zero-order valence-corrected chi connectivity index (χ0v) is 29.4. The van der Waals surface area contributed by atoms with Gasteiger partial charge in [0.15, 0.2) is 0 Å². The van der Waals surface area contributed by atoms with E-state index in [-0.39, 0.29) is 19.4 Å². The largest absolute Gasteiger partial charge is 0.444 e. The van der Waals surface area contributed by atoms with Crippen LogP contribution in [0.4, 0.5) is 15.3 Å². The fourth-order valence-electron chi connectivity index (χ4n) is 5.61. The third-order valence-electron chi connectivity index (χ3n) is 8.56. The Balaban J connectivity index is 1.60.